The molecule has 0 heterocycles. The van der Waals surface area contributed by atoms with Crippen LogP contribution in [0.2, 0.25) is 0 Å². The molecular weight excluding hydrogens is 1670 g/mol. The van der Waals surface area contributed by atoms with E-state index < -0.39 is 0 Å². The van der Waals surface area contributed by atoms with Gasteiger partial charge in [-0.05, 0) is 93.3 Å². The molecule has 5 N–H and O–H groups in total. The van der Waals surface area contributed by atoms with E-state index in [4.69, 9.17) is 0 Å². The van der Waals surface area contributed by atoms with Crippen LogP contribution in [-0.2, 0) is 38.4 Å². The Labute approximate surface area is 756 Å². The maximum absolute atomic E-state index is 11.8. The molecule has 0 aliphatic heterocycles. The third kappa shape index (κ3) is 103. The molecule has 26 heteroatoms. The van der Waals surface area contributed by atoms with Gasteiger partial charge in [-0.1, -0.05) is 355 Å². The Morgan fingerprint density at radius 3 is 1.01 bits per heavy atom. The summed E-state index contributed by atoms with van der Waals surface area (Å²) in [6.07, 6.45) is 25.9. The summed E-state index contributed by atoms with van der Waals surface area (Å²) in [5.41, 5.74) is 0.373. The van der Waals surface area contributed by atoms with Gasteiger partial charge in [-0.3, -0.25) is 38.4 Å². The molecule has 4 amide bonds. The van der Waals surface area contributed by atoms with E-state index in [0.717, 1.165) is 136 Å². The number of carbonyl (C=O) groups is 9. The molecule has 0 aromatic carbocycles. The van der Waals surface area contributed by atoms with Crippen LogP contribution in [0.3, 0.4) is 0 Å². The number of carbonyl (C=O) groups excluding carboxylic acids is 9. The standard InChI is InChI=1S/C21H41NO2S2.C20H40N2O2S4.C19H37NO2S2.C17H32O2S2.C12H25NOS2/c1-20(2,3)14-10-8-7-9-11-15-22-19(24)13-17-26-25-16-12-18(23)21(4,5)6;1-19(2,3)10-8-14-26-28-16-12-22-18(24)21-11-15-27-25-13-7-9-17(23)20(4,5)6;1-18(2,3)12-9-14-23-24-15-13-20-17(22)11-8-7-10-16(21)19(4,5)6;1-14(2)21-20-13-12-15(18)10-8-6-7-9-11-16(19)17(3,4)5;1-10(2)12(14)6-5-8-15-16-9-7-13-11(3)4/h7-17H2,1-6H3,(H,22,24);7-16H2,1-6H3,(H2,21,22,24);7-15H2,1-6H3,(H,20,22);14H,6-13H2,1-5H3;10-11,13H,5-9H2,1-4H3. The molecule has 0 aromatic heterocycles. The Hall–Kier alpha value is 0.390. The number of amides is 4. The fourth-order valence-corrected chi connectivity index (χ4v) is 21.4. The highest BCUT2D eigenvalue weighted by Gasteiger charge is 2.24. The summed E-state index contributed by atoms with van der Waals surface area (Å²) in [6.45, 7) is 60.7. The zero-order valence-electron chi connectivity index (χ0n) is 78.2. The fraction of sp³-hybridized carbons (Fsp3) is 0.899. The van der Waals surface area contributed by atoms with E-state index >= 15 is 0 Å². The quantitative estimate of drug-likeness (QED) is 0.0283. The van der Waals surface area contributed by atoms with Gasteiger partial charge in [-0.2, -0.15) is 0 Å². The molecule has 0 rings (SSSR count). The summed E-state index contributed by atoms with van der Waals surface area (Å²) in [5.74, 6) is 13.4. The highest BCUT2D eigenvalue weighted by Crippen LogP contribution is 2.32. The predicted octanol–water partition coefficient (Wildman–Crippen LogP) is 27.1. The van der Waals surface area contributed by atoms with Crippen molar-refractivity contribution in [3.05, 3.63) is 0 Å². The number of nitrogens with one attached hydrogen (secondary N) is 5. The lowest BCUT2D eigenvalue weighted by Crippen LogP contribution is -2.37. The fourth-order valence-electron chi connectivity index (χ4n) is 9.38. The van der Waals surface area contributed by atoms with Crippen LogP contribution in [0.15, 0.2) is 0 Å². The first-order chi connectivity index (χ1) is 53.3. The zero-order chi connectivity index (χ0) is 88.9. The van der Waals surface area contributed by atoms with Crippen LogP contribution >= 0.6 is 130 Å². The molecule has 0 spiro atoms. The van der Waals surface area contributed by atoms with Gasteiger partial charge in [0, 0.05) is 193 Å². The van der Waals surface area contributed by atoms with Crippen LogP contribution in [0.4, 0.5) is 4.79 Å². The Morgan fingerprint density at radius 2 is 0.574 bits per heavy atom. The van der Waals surface area contributed by atoms with E-state index in [0.29, 0.717) is 121 Å². The number of hydrogen-bond donors (Lipinski definition) is 5. The number of hydrogen-bond acceptors (Lipinski definition) is 22. The number of urea groups is 1. The van der Waals surface area contributed by atoms with E-state index in [2.05, 4.69) is 117 Å². The topological polar surface area (TPSA) is 214 Å². The van der Waals surface area contributed by atoms with E-state index in [-0.39, 0.29) is 51.2 Å². The van der Waals surface area contributed by atoms with Crippen molar-refractivity contribution in [2.45, 2.75) is 372 Å². The minimum absolute atomic E-state index is 0.0836. The molecule has 0 fully saturated rings. The number of unbranched alkanes of at least 4 members (excludes halogenated alkanes) is 8. The average Bonchev–Trinajstić information content (AvgIpc) is 0.922. The van der Waals surface area contributed by atoms with E-state index in [1.165, 1.54) is 69.3 Å². The molecule has 115 heavy (non-hydrogen) atoms. The lowest BCUT2D eigenvalue weighted by atomic mass is 9.88. The maximum atomic E-state index is 11.8. The molecule has 0 atom stereocenters. The Kier molecular flexibility index (Phi) is 82.7. The Balaban J connectivity index is -0.000000443. The van der Waals surface area contributed by atoms with Crippen molar-refractivity contribution in [1.29, 1.82) is 0 Å². The lowest BCUT2D eigenvalue weighted by Gasteiger charge is -2.17. The van der Waals surface area contributed by atoms with Gasteiger partial charge in [0.1, 0.15) is 34.7 Å². The second-order valence-electron chi connectivity index (χ2n) is 38.0. The largest absolute Gasteiger partial charge is 0.356 e. The third-order valence-electron chi connectivity index (χ3n) is 16.8. The lowest BCUT2D eigenvalue weighted by molar-refractivity contribution is -0.127. The van der Waals surface area contributed by atoms with Gasteiger partial charge in [0.25, 0.3) is 0 Å². The van der Waals surface area contributed by atoms with E-state index in [1.807, 2.05) is 172 Å². The van der Waals surface area contributed by atoms with Gasteiger partial charge in [0.2, 0.25) is 11.8 Å². The average molecular weight is 1840 g/mol. The van der Waals surface area contributed by atoms with Gasteiger partial charge >= 0.3 is 6.03 Å². The first-order valence-corrected chi connectivity index (χ1v) is 58.1. The molecule has 0 saturated heterocycles. The molecule has 682 valence electrons. The minimum Gasteiger partial charge on any atom is -0.356 e. The molecule has 0 aliphatic carbocycles. The number of Topliss-reactive ketones (excluding diaryl/α,β-unsaturated/α-hetero) is 6. The molecule has 0 saturated carbocycles. The summed E-state index contributed by atoms with van der Waals surface area (Å²) in [4.78, 5) is 105. The predicted molar refractivity (Wildman–Crippen MR) is 536 cm³/mol. The van der Waals surface area contributed by atoms with Crippen molar-refractivity contribution < 1.29 is 43.2 Å². The van der Waals surface area contributed by atoms with Crippen molar-refractivity contribution >= 4 is 182 Å². The summed E-state index contributed by atoms with van der Waals surface area (Å²) in [6, 6.07) is 0.494. The molecule has 0 aromatic rings. The van der Waals surface area contributed by atoms with Gasteiger partial charge in [0.15, 0.2) is 0 Å². The third-order valence-corrected chi connectivity index (χ3v) is 32.2. The maximum Gasteiger partial charge on any atom is 0.314 e. The second kappa shape index (κ2) is 76.8. The summed E-state index contributed by atoms with van der Waals surface area (Å²) < 4.78 is 0. The SMILES string of the molecule is CC(C)(C)CCCCCCCNC(=O)CCSSCCC(=O)C(C)(C)C.CC(C)(C)CCCSSCCNC(=O)CCCCC(=O)C(C)(C)C.CC(C)(C)CCCSSCCNC(=O)NCCSSCCCC(=O)C(C)(C)C.CC(C)NCCSSCCCC(=O)C(C)C.CC(C)SSCCC(=O)CCCCCCC(=O)C(C)(C)C. The minimum atomic E-state index is -0.260. The Bertz CT molecular complexity index is 2450. The number of rotatable bonds is 63. The van der Waals surface area contributed by atoms with E-state index in [9.17, 15) is 43.2 Å². The summed E-state index contributed by atoms with van der Waals surface area (Å²) in [5, 5.41) is 15.8. The molecule has 0 radical (unpaired) electrons. The van der Waals surface area contributed by atoms with Crippen molar-refractivity contribution in [1.82, 2.24) is 26.6 Å². The molecular formula is C89H175N5O9S12. The van der Waals surface area contributed by atoms with Crippen LogP contribution in [0.25, 0.3) is 0 Å². The van der Waals surface area contributed by atoms with Crippen molar-refractivity contribution in [3.63, 3.8) is 0 Å². The monoisotopic (exact) mass is 1840 g/mol. The molecule has 14 nitrogen and oxygen atoms in total. The molecule has 0 bridgehead atoms. The van der Waals surface area contributed by atoms with Crippen LogP contribution in [0.1, 0.15) is 360 Å². The molecule has 0 aliphatic rings. The van der Waals surface area contributed by atoms with Crippen LogP contribution in [0, 0.1) is 43.8 Å². The first kappa shape index (κ1) is 124. The van der Waals surface area contributed by atoms with Crippen molar-refractivity contribution in [2.24, 2.45) is 43.8 Å². The van der Waals surface area contributed by atoms with Gasteiger partial charge in [-0.25, -0.2) is 4.79 Å². The van der Waals surface area contributed by atoms with Crippen LogP contribution < -0.4 is 26.6 Å². The Morgan fingerprint density at radius 1 is 0.261 bits per heavy atom. The van der Waals surface area contributed by atoms with Gasteiger partial charge < -0.3 is 26.6 Å². The normalized spacial score (nSPS) is 12.0. The van der Waals surface area contributed by atoms with E-state index in [1.54, 1.807) is 54.0 Å². The van der Waals surface area contributed by atoms with Gasteiger partial charge in [0.05, 0.1) is 0 Å². The van der Waals surface area contributed by atoms with Crippen molar-refractivity contribution in [2.75, 3.05) is 96.0 Å². The first-order valence-electron chi connectivity index (χ1n) is 43.3. The highest BCUT2D eigenvalue weighted by molar-refractivity contribution is 8.78. The van der Waals surface area contributed by atoms with Crippen molar-refractivity contribution in [3.8, 4) is 0 Å². The van der Waals surface area contributed by atoms with Gasteiger partial charge in [-0.15, -0.1) is 0 Å². The summed E-state index contributed by atoms with van der Waals surface area (Å²) >= 11 is 0. The number of ketones is 6. The summed E-state index contributed by atoms with van der Waals surface area (Å²) in [7, 11) is 21.8. The second-order valence-corrected chi connectivity index (χ2v) is 54.6. The zero-order valence-corrected chi connectivity index (χ0v) is 88.0. The molecule has 0 unspecified atom stereocenters. The highest BCUT2D eigenvalue weighted by atomic mass is 33.1. The van der Waals surface area contributed by atoms with Crippen LogP contribution in [0.5, 0.6) is 0 Å². The smallest absolute Gasteiger partial charge is 0.314 e. The van der Waals surface area contributed by atoms with Crippen LogP contribution in [-0.4, -0.2) is 160 Å².